The van der Waals surface area contributed by atoms with Crippen LogP contribution in [0.15, 0.2) is 22.8 Å². The largest absolute Gasteiger partial charge is 0.467 e. The van der Waals surface area contributed by atoms with E-state index in [9.17, 15) is 5.11 Å². The van der Waals surface area contributed by atoms with Crippen LogP contribution in [0.3, 0.4) is 0 Å². The van der Waals surface area contributed by atoms with Gasteiger partial charge in [0.05, 0.1) is 6.26 Å². The van der Waals surface area contributed by atoms with Crippen LogP contribution >= 0.6 is 0 Å². The Bertz CT molecular complexity index is 211. The number of hydrogen-bond donors (Lipinski definition) is 1. The SMILES string of the molecule is OC(CC1CC1)c1ccco1. The highest BCUT2D eigenvalue weighted by atomic mass is 16.4. The third-order valence-electron chi connectivity index (χ3n) is 2.13. The molecule has 11 heavy (non-hydrogen) atoms. The first-order valence-electron chi connectivity index (χ1n) is 4.08. The summed E-state index contributed by atoms with van der Waals surface area (Å²) in [6.07, 6.45) is 4.65. The molecule has 1 fully saturated rings. The summed E-state index contributed by atoms with van der Waals surface area (Å²) < 4.78 is 5.07. The average Bonchev–Trinajstić information content (AvgIpc) is 2.67. The van der Waals surface area contributed by atoms with Crippen LogP contribution in [-0.4, -0.2) is 5.11 Å². The maximum absolute atomic E-state index is 9.53. The van der Waals surface area contributed by atoms with Crippen molar-refractivity contribution in [1.82, 2.24) is 0 Å². The molecule has 0 amide bonds. The molecule has 1 saturated carbocycles. The Morgan fingerprint density at radius 3 is 3.00 bits per heavy atom. The molecule has 60 valence electrons. The van der Waals surface area contributed by atoms with Gasteiger partial charge in [-0.15, -0.1) is 0 Å². The molecule has 1 aliphatic rings. The first-order chi connectivity index (χ1) is 5.36. The van der Waals surface area contributed by atoms with E-state index in [-0.39, 0.29) is 6.10 Å². The Balaban J connectivity index is 1.93. The molecule has 0 bridgehead atoms. The fourth-order valence-corrected chi connectivity index (χ4v) is 1.27. The molecule has 0 radical (unpaired) electrons. The van der Waals surface area contributed by atoms with Crippen LogP contribution in [0.25, 0.3) is 0 Å². The molecule has 0 saturated heterocycles. The van der Waals surface area contributed by atoms with Crippen LogP contribution in [0, 0.1) is 5.92 Å². The first-order valence-corrected chi connectivity index (χ1v) is 4.08. The molecule has 1 aromatic rings. The van der Waals surface area contributed by atoms with Gasteiger partial charge in [0.2, 0.25) is 0 Å². The third-order valence-corrected chi connectivity index (χ3v) is 2.13. The van der Waals surface area contributed by atoms with Crippen molar-refractivity contribution in [2.24, 2.45) is 5.92 Å². The van der Waals surface area contributed by atoms with E-state index < -0.39 is 0 Å². The maximum atomic E-state index is 9.53. The Morgan fingerprint density at radius 2 is 2.45 bits per heavy atom. The summed E-state index contributed by atoms with van der Waals surface area (Å²) in [6, 6.07) is 3.64. The normalized spacial score (nSPS) is 20.1. The van der Waals surface area contributed by atoms with Crippen molar-refractivity contribution in [1.29, 1.82) is 0 Å². The van der Waals surface area contributed by atoms with E-state index >= 15 is 0 Å². The van der Waals surface area contributed by atoms with Gasteiger partial charge in [-0.05, 0) is 24.5 Å². The fraction of sp³-hybridized carbons (Fsp3) is 0.556. The summed E-state index contributed by atoms with van der Waals surface area (Å²) in [4.78, 5) is 0. The van der Waals surface area contributed by atoms with Crippen LogP contribution in [0.4, 0.5) is 0 Å². The smallest absolute Gasteiger partial charge is 0.132 e. The molecule has 2 rings (SSSR count). The van der Waals surface area contributed by atoms with Gasteiger partial charge in [0.15, 0.2) is 0 Å². The number of hydrogen-bond acceptors (Lipinski definition) is 2. The maximum Gasteiger partial charge on any atom is 0.132 e. The molecule has 0 spiro atoms. The predicted molar refractivity (Wildman–Crippen MR) is 41.0 cm³/mol. The van der Waals surface area contributed by atoms with Crippen molar-refractivity contribution in [2.75, 3.05) is 0 Å². The van der Waals surface area contributed by atoms with Crippen molar-refractivity contribution in [3.63, 3.8) is 0 Å². The Morgan fingerprint density at radius 1 is 1.64 bits per heavy atom. The highest BCUT2D eigenvalue weighted by molar-refractivity contribution is 5.02. The topological polar surface area (TPSA) is 33.4 Å². The van der Waals surface area contributed by atoms with Crippen molar-refractivity contribution in [3.05, 3.63) is 24.2 Å². The van der Waals surface area contributed by atoms with Gasteiger partial charge in [-0.3, -0.25) is 0 Å². The summed E-state index contributed by atoms with van der Waals surface area (Å²) in [5.41, 5.74) is 0. The van der Waals surface area contributed by atoms with E-state index in [0.29, 0.717) is 5.76 Å². The lowest BCUT2D eigenvalue weighted by Gasteiger charge is -2.04. The lowest BCUT2D eigenvalue weighted by Crippen LogP contribution is -1.95. The van der Waals surface area contributed by atoms with E-state index in [4.69, 9.17) is 4.42 Å². The minimum Gasteiger partial charge on any atom is -0.467 e. The van der Waals surface area contributed by atoms with Gasteiger partial charge in [-0.2, -0.15) is 0 Å². The molecular formula is C9H12O2. The summed E-state index contributed by atoms with van der Waals surface area (Å²) in [6.45, 7) is 0. The van der Waals surface area contributed by atoms with Gasteiger partial charge in [-0.1, -0.05) is 12.8 Å². The monoisotopic (exact) mass is 152 g/mol. The summed E-state index contributed by atoms with van der Waals surface area (Å²) in [5, 5.41) is 9.53. The number of aliphatic hydroxyl groups excluding tert-OH is 1. The first kappa shape index (κ1) is 6.92. The van der Waals surface area contributed by atoms with Gasteiger partial charge in [0.1, 0.15) is 11.9 Å². The second kappa shape index (κ2) is 2.70. The zero-order chi connectivity index (χ0) is 7.68. The van der Waals surface area contributed by atoms with E-state index in [1.807, 2.05) is 12.1 Å². The number of rotatable bonds is 3. The molecule has 2 nitrogen and oxygen atoms in total. The lowest BCUT2D eigenvalue weighted by atomic mass is 10.1. The van der Waals surface area contributed by atoms with E-state index in [0.717, 1.165) is 12.3 Å². The highest BCUT2D eigenvalue weighted by Gasteiger charge is 2.25. The third kappa shape index (κ3) is 1.63. The van der Waals surface area contributed by atoms with Gasteiger partial charge >= 0.3 is 0 Å². The lowest BCUT2D eigenvalue weighted by molar-refractivity contribution is 0.134. The summed E-state index contributed by atoms with van der Waals surface area (Å²) in [5.74, 6) is 1.45. The van der Waals surface area contributed by atoms with Gasteiger partial charge in [0.25, 0.3) is 0 Å². The molecule has 1 aromatic heterocycles. The zero-order valence-electron chi connectivity index (χ0n) is 6.36. The highest BCUT2D eigenvalue weighted by Crippen LogP contribution is 2.37. The van der Waals surface area contributed by atoms with Crippen LogP contribution in [0.5, 0.6) is 0 Å². The second-order valence-corrected chi connectivity index (χ2v) is 3.21. The Labute approximate surface area is 65.8 Å². The molecule has 1 atom stereocenters. The van der Waals surface area contributed by atoms with E-state index in [1.165, 1.54) is 12.8 Å². The Kier molecular flexibility index (Phi) is 1.70. The van der Waals surface area contributed by atoms with Gasteiger partial charge in [-0.25, -0.2) is 0 Å². The molecule has 0 aliphatic heterocycles. The van der Waals surface area contributed by atoms with Crippen LogP contribution in [0.2, 0.25) is 0 Å². The Hall–Kier alpha value is -0.760. The van der Waals surface area contributed by atoms with Gasteiger partial charge < -0.3 is 9.52 Å². The molecule has 1 aliphatic carbocycles. The molecule has 1 unspecified atom stereocenters. The molecule has 1 N–H and O–H groups in total. The quantitative estimate of drug-likeness (QED) is 0.719. The van der Waals surface area contributed by atoms with E-state index in [2.05, 4.69) is 0 Å². The van der Waals surface area contributed by atoms with Crippen molar-refractivity contribution in [2.45, 2.75) is 25.4 Å². The van der Waals surface area contributed by atoms with Crippen LogP contribution < -0.4 is 0 Å². The van der Waals surface area contributed by atoms with E-state index in [1.54, 1.807) is 6.26 Å². The zero-order valence-corrected chi connectivity index (χ0v) is 6.36. The molecule has 2 heteroatoms. The average molecular weight is 152 g/mol. The number of aliphatic hydroxyl groups is 1. The number of furan rings is 1. The van der Waals surface area contributed by atoms with Crippen LogP contribution in [0.1, 0.15) is 31.1 Å². The minimum absolute atomic E-state index is 0.377. The minimum atomic E-state index is -0.377. The fourth-order valence-electron chi connectivity index (χ4n) is 1.27. The molecule has 1 heterocycles. The standard InChI is InChI=1S/C9H12O2/c10-8(6-7-3-4-7)9-2-1-5-11-9/h1-2,5,7-8,10H,3-4,6H2. The molecular weight excluding hydrogens is 140 g/mol. The second-order valence-electron chi connectivity index (χ2n) is 3.21. The van der Waals surface area contributed by atoms with Crippen molar-refractivity contribution in [3.8, 4) is 0 Å². The van der Waals surface area contributed by atoms with Gasteiger partial charge in [0, 0.05) is 0 Å². The predicted octanol–water partition coefficient (Wildman–Crippen LogP) is 2.11. The summed E-state index contributed by atoms with van der Waals surface area (Å²) >= 11 is 0. The van der Waals surface area contributed by atoms with Crippen LogP contribution in [-0.2, 0) is 0 Å². The molecule has 0 aromatic carbocycles. The van der Waals surface area contributed by atoms with Crippen molar-refractivity contribution < 1.29 is 9.52 Å². The summed E-state index contributed by atoms with van der Waals surface area (Å²) in [7, 11) is 0. The van der Waals surface area contributed by atoms with Crippen molar-refractivity contribution >= 4 is 0 Å².